The van der Waals surface area contributed by atoms with Crippen molar-refractivity contribution in [1.29, 1.82) is 0 Å². The van der Waals surface area contributed by atoms with Crippen molar-refractivity contribution in [2.24, 2.45) is 0 Å². The first-order valence-electron chi connectivity index (χ1n) is 8.19. The average molecular weight is 347 g/mol. The Hall–Kier alpha value is -2.79. The van der Waals surface area contributed by atoms with Gasteiger partial charge in [0.1, 0.15) is 16.4 Å². The molecule has 0 unspecified atom stereocenters. The molecule has 2 aromatic carbocycles. The van der Waals surface area contributed by atoms with Gasteiger partial charge in [0.25, 0.3) is 0 Å². The Morgan fingerprint density at radius 2 is 1.80 bits per heavy atom. The fourth-order valence-electron chi connectivity index (χ4n) is 2.83. The summed E-state index contributed by atoms with van der Waals surface area (Å²) < 4.78 is 1.67. The van der Waals surface area contributed by atoms with Crippen LogP contribution in [0, 0.1) is 6.92 Å². The molecule has 0 fully saturated rings. The largest absolute Gasteiger partial charge is 0.296 e. The zero-order chi connectivity index (χ0) is 17.2. The fourth-order valence-corrected chi connectivity index (χ4v) is 3.73. The molecule has 4 nitrogen and oxygen atoms in total. The van der Waals surface area contributed by atoms with Gasteiger partial charge in [-0.1, -0.05) is 71.5 Å². The van der Waals surface area contributed by atoms with Gasteiger partial charge in [-0.25, -0.2) is 4.98 Å². The number of aryl methyl sites for hydroxylation is 3. The van der Waals surface area contributed by atoms with Crippen LogP contribution in [-0.2, 0) is 12.8 Å². The maximum atomic E-state index is 11.6. The predicted octanol–water partition coefficient (Wildman–Crippen LogP) is 4.36. The van der Waals surface area contributed by atoms with Crippen LogP contribution in [0.15, 0.2) is 54.6 Å². The van der Waals surface area contributed by atoms with Crippen LogP contribution < -0.4 is 0 Å². The minimum atomic E-state index is 0.515. The van der Waals surface area contributed by atoms with E-state index < -0.39 is 0 Å². The molecule has 0 amide bonds. The molecule has 25 heavy (non-hydrogen) atoms. The first-order valence-corrected chi connectivity index (χ1v) is 9.01. The van der Waals surface area contributed by atoms with Crippen LogP contribution in [0.3, 0.4) is 0 Å². The summed E-state index contributed by atoms with van der Waals surface area (Å²) in [5.41, 5.74) is 4.62. The number of benzene rings is 2. The van der Waals surface area contributed by atoms with Gasteiger partial charge in [0.15, 0.2) is 6.29 Å². The minimum absolute atomic E-state index is 0.515. The molecular weight excluding hydrogens is 330 g/mol. The second-order valence-corrected chi connectivity index (χ2v) is 7.05. The van der Waals surface area contributed by atoms with E-state index >= 15 is 0 Å². The lowest BCUT2D eigenvalue weighted by atomic mass is 10.1. The van der Waals surface area contributed by atoms with E-state index in [4.69, 9.17) is 0 Å². The number of imidazole rings is 1. The second-order valence-electron chi connectivity index (χ2n) is 6.01. The maximum absolute atomic E-state index is 11.6. The van der Waals surface area contributed by atoms with Crippen molar-refractivity contribution in [2.45, 2.75) is 19.8 Å². The van der Waals surface area contributed by atoms with Crippen molar-refractivity contribution < 1.29 is 4.79 Å². The monoisotopic (exact) mass is 347 g/mol. The van der Waals surface area contributed by atoms with E-state index in [1.54, 1.807) is 15.9 Å². The maximum Gasteiger partial charge on any atom is 0.213 e. The SMILES string of the molecule is Cc1ccc(-c2nc3sc(CCc4ccccc4)nn3c2C=O)cc1. The lowest BCUT2D eigenvalue weighted by molar-refractivity contribution is 0.111. The quantitative estimate of drug-likeness (QED) is 0.504. The predicted molar refractivity (Wildman–Crippen MR) is 100 cm³/mol. The number of hydrogen-bond donors (Lipinski definition) is 0. The number of carbonyl (C=O) groups is 1. The average Bonchev–Trinajstić information content (AvgIpc) is 3.18. The molecule has 0 radical (unpaired) electrons. The van der Waals surface area contributed by atoms with E-state index in [1.165, 1.54) is 11.1 Å². The van der Waals surface area contributed by atoms with E-state index in [0.717, 1.165) is 34.7 Å². The molecule has 0 spiro atoms. The Bertz CT molecular complexity index is 1020. The van der Waals surface area contributed by atoms with Gasteiger partial charge in [-0.3, -0.25) is 4.79 Å². The van der Waals surface area contributed by atoms with Gasteiger partial charge in [0.05, 0.1) is 0 Å². The van der Waals surface area contributed by atoms with Crippen LogP contribution in [0.1, 0.15) is 26.6 Å². The first kappa shape index (κ1) is 15.7. The summed E-state index contributed by atoms with van der Waals surface area (Å²) in [6, 6.07) is 18.4. The molecule has 0 N–H and O–H groups in total. The van der Waals surface area contributed by atoms with Crippen LogP contribution in [0.25, 0.3) is 16.2 Å². The molecule has 0 aliphatic heterocycles. The molecule has 2 heterocycles. The Labute approximate surface area is 149 Å². The number of fused-ring (bicyclic) bond motifs is 1. The normalized spacial score (nSPS) is 11.1. The van der Waals surface area contributed by atoms with Crippen LogP contribution in [-0.4, -0.2) is 20.9 Å². The molecule has 4 rings (SSSR count). The lowest BCUT2D eigenvalue weighted by Crippen LogP contribution is -1.96. The van der Waals surface area contributed by atoms with E-state index in [0.29, 0.717) is 11.4 Å². The lowest BCUT2D eigenvalue weighted by Gasteiger charge is -2.00. The Morgan fingerprint density at radius 1 is 1.04 bits per heavy atom. The molecule has 0 bridgehead atoms. The zero-order valence-corrected chi connectivity index (χ0v) is 14.7. The number of carbonyl (C=O) groups excluding carboxylic acids is 1. The molecule has 0 saturated carbocycles. The van der Waals surface area contributed by atoms with Gasteiger partial charge >= 0.3 is 0 Å². The van der Waals surface area contributed by atoms with Gasteiger partial charge in [0, 0.05) is 12.0 Å². The highest BCUT2D eigenvalue weighted by Crippen LogP contribution is 2.26. The Morgan fingerprint density at radius 3 is 2.52 bits per heavy atom. The summed E-state index contributed by atoms with van der Waals surface area (Å²) in [6.45, 7) is 2.04. The summed E-state index contributed by atoms with van der Waals surface area (Å²) in [7, 11) is 0. The van der Waals surface area contributed by atoms with Crippen LogP contribution in [0.5, 0.6) is 0 Å². The fraction of sp³-hybridized carbons (Fsp3) is 0.150. The van der Waals surface area contributed by atoms with Gasteiger partial charge in [-0.05, 0) is 18.9 Å². The molecule has 0 saturated heterocycles. The van der Waals surface area contributed by atoms with Gasteiger partial charge in [-0.15, -0.1) is 0 Å². The molecule has 0 atom stereocenters. The third-order valence-electron chi connectivity index (χ3n) is 4.19. The van der Waals surface area contributed by atoms with Crippen molar-refractivity contribution in [1.82, 2.24) is 14.6 Å². The standard InChI is InChI=1S/C20H17N3OS/c1-14-7-10-16(11-8-14)19-17(13-24)23-20(21-19)25-18(22-23)12-9-15-5-3-2-4-6-15/h2-8,10-11,13H,9,12H2,1H3. The second kappa shape index (κ2) is 6.61. The number of nitrogens with zero attached hydrogens (tertiary/aromatic N) is 3. The molecule has 2 aromatic heterocycles. The number of aldehydes is 1. The topological polar surface area (TPSA) is 47.3 Å². The third-order valence-corrected chi connectivity index (χ3v) is 5.16. The van der Waals surface area contributed by atoms with E-state index in [9.17, 15) is 4.79 Å². The molecule has 4 aromatic rings. The van der Waals surface area contributed by atoms with Crippen molar-refractivity contribution >= 4 is 22.6 Å². The summed E-state index contributed by atoms with van der Waals surface area (Å²) in [5, 5.41) is 5.59. The van der Waals surface area contributed by atoms with Gasteiger partial charge < -0.3 is 0 Å². The van der Waals surface area contributed by atoms with E-state index in [1.807, 2.05) is 49.4 Å². The highest BCUT2D eigenvalue weighted by atomic mass is 32.1. The minimum Gasteiger partial charge on any atom is -0.296 e. The highest BCUT2D eigenvalue weighted by molar-refractivity contribution is 7.16. The van der Waals surface area contributed by atoms with Crippen LogP contribution in [0.2, 0.25) is 0 Å². The van der Waals surface area contributed by atoms with Crippen LogP contribution >= 0.6 is 11.3 Å². The summed E-state index contributed by atoms with van der Waals surface area (Å²) in [4.78, 5) is 17.0. The summed E-state index contributed by atoms with van der Waals surface area (Å²) in [5.74, 6) is 0. The van der Waals surface area contributed by atoms with E-state index in [-0.39, 0.29) is 0 Å². The number of rotatable bonds is 5. The number of hydrogen-bond acceptors (Lipinski definition) is 4. The third kappa shape index (κ3) is 3.10. The van der Waals surface area contributed by atoms with Crippen LogP contribution in [0.4, 0.5) is 0 Å². The number of aromatic nitrogens is 3. The highest BCUT2D eigenvalue weighted by Gasteiger charge is 2.17. The summed E-state index contributed by atoms with van der Waals surface area (Å²) in [6.07, 6.45) is 2.62. The van der Waals surface area contributed by atoms with E-state index in [2.05, 4.69) is 22.2 Å². The Balaban J connectivity index is 1.64. The van der Waals surface area contributed by atoms with Crippen molar-refractivity contribution in [2.75, 3.05) is 0 Å². The van der Waals surface area contributed by atoms with Crippen molar-refractivity contribution in [3.63, 3.8) is 0 Å². The van der Waals surface area contributed by atoms with Crippen molar-refractivity contribution in [3.8, 4) is 11.3 Å². The summed E-state index contributed by atoms with van der Waals surface area (Å²) >= 11 is 1.55. The molecular formula is C20H17N3OS. The molecule has 0 aliphatic rings. The molecule has 0 aliphatic carbocycles. The molecule has 124 valence electrons. The first-order chi connectivity index (χ1) is 12.2. The zero-order valence-electron chi connectivity index (χ0n) is 13.8. The van der Waals surface area contributed by atoms with Crippen molar-refractivity contribution in [3.05, 3.63) is 76.4 Å². The van der Waals surface area contributed by atoms with Gasteiger partial charge in [0.2, 0.25) is 4.96 Å². The molecule has 5 heteroatoms. The van der Waals surface area contributed by atoms with Gasteiger partial charge in [-0.2, -0.15) is 9.61 Å². The Kier molecular flexibility index (Phi) is 4.15. The smallest absolute Gasteiger partial charge is 0.213 e.